The number of hydrogen-bond donors (Lipinski definition) is 1. The van der Waals surface area contributed by atoms with Gasteiger partial charge in [-0.2, -0.15) is 0 Å². The van der Waals surface area contributed by atoms with Crippen molar-refractivity contribution in [1.82, 2.24) is 4.98 Å². The summed E-state index contributed by atoms with van der Waals surface area (Å²) in [5.74, 6) is 0. The minimum Gasteiger partial charge on any atom is -0.383 e. The number of hydrogen-bond acceptors (Lipinski definition) is 4. The molecule has 1 N–H and O–H groups in total. The fraction of sp³-hybridized carbons (Fsp3) is 0.438. The topological polar surface area (TPSA) is 34.1 Å². The SMILES string of the molecule is COC[C@@H](C)Nc1nc(-c2c(C)cc(C)cc2C)cs1. The number of aryl methyl sites for hydroxylation is 3. The van der Waals surface area contributed by atoms with E-state index in [9.17, 15) is 0 Å². The molecule has 0 aliphatic heterocycles. The second kappa shape index (κ2) is 6.37. The molecule has 108 valence electrons. The number of nitrogens with zero attached hydrogens (tertiary/aromatic N) is 1. The molecule has 3 nitrogen and oxygen atoms in total. The van der Waals surface area contributed by atoms with Gasteiger partial charge in [-0.3, -0.25) is 0 Å². The lowest BCUT2D eigenvalue weighted by atomic mass is 9.98. The Morgan fingerprint density at radius 1 is 1.25 bits per heavy atom. The van der Waals surface area contributed by atoms with Crippen LogP contribution >= 0.6 is 11.3 Å². The van der Waals surface area contributed by atoms with Crippen LogP contribution in [-0.4, -0.2) is 24.7 Å². The molecule has 4 heteroatoms. The molecule has 0 saturated carbocycles. The minimum atomic E-state index is 0.263. The van der Waals surface area contributed by atoms with E-state index in [0.29, 0.717) is 6.61 Å². The molecule has 1 aromatic heterocycles. The lowest BCUT2D eigenvalue weighted by Gasteiger charge is -2.11. The van der Waals surface area contributed by atoms with Crippen molar-refractivity contribution in [2.45, 2.75) is 33.7 Å². The summed E-state index contributed by atoms with van der Waals surface area (Å²) in [7, 11) is 1.71. The van der Waals surface area contributed by atoms with Gasteiger partial charge < -0.3 is 10.1 Å². The predicted molar refractivity (Wildman–Crippen MR) is 86.7 cm³/mol. The van der Waals surface area contributed by atoms with Crippen molar-refractivity contribution in [2.24, 2.45) is 0 Å². The molecule has 0 amide bonds. The molecular formula is C16H22N2OS. The van der Waals surface area contributed by atoms with E-state index >= 15 is 0 Å². The molecule has 0 radical (unpaired) electrons. The lowest BCUT2D eigenvalue weighted by molar-refractivity contribution is 0.190. The smallest absolute Gasteiger partial charge is 0.183 e. The highest BCUT2D eigenvalue weighted by Gasteiger charge is 2.11. The normalized spacial score (nSPS) is 12.4. The van der Waals surface area contributed by atoms with Crippen LogP contribution in [0.2, 0.25) is 0 Å². The van der Waals surface area contributed by atoms with Crippen LogP contribution in [0.4, 0.5) is 5.13 Å². The first kappa shape index (κ1) is 15.0. The largest absolute Gasteiger partial charge is 0.383 e. The Balaban J connectivity index is 2.25. The average Bonchev–Trinajstić information content (AvgIpc) is 2.76. The molecule has 1 aromatic carbocycles. The van der Waals surface area contributed by atoms with Crippen LogP contribution in [0, 0.1) is 20.8 Å². The van der Waals surface area contributed by atoms with Gasteiger partial charge in [0.2, 0.25) is 0 Å². The highest BCUT2D eigenvalue weighted by atomic mass is 32.1. The second-order valence-corrected chi connectivity index (χ2v) is 6.17. The van der Waals surface area contributed by atoms with Gasteiger partial charge >= 0.3 is 0 Å². The fourth-order valence-corrected chi connectivity index (χ4v) is 3.36. The monoisotopic (exact) mass is 290 g/mol. The van der Waals surface area contributed by atoms with Gasteiger partial charge in [0.1, 0.15) is 0 Å². The summed E-state index contributed by atoms with van der Waals surface area (Å²) in [5.41, 5.74) is 6.16. The van der Waals surface area contributed by atoms with Gasteiger partial charge in [0.05, 0.1) is 12.3 Å². The summed E-state index contributed by atoms with van der Waals surface area (Å²) in [5, 5.41) is 6.43. The summed E-state index contributed by atoms with van der Waals surface area (Å²) in [6.07, 6.45) is 0. The average molecular weight is 290 g/mol. The molecule has 20 heavy (non-hydrogen) atoms. The maximum atomic E-state index is 5.13. The zero-order valence-electron chi connectivity index (χ0n) is 12.8. The number of nitrogens with one attached hydrogen (secondary N) is 1. The maximum absolute atomic E-state index is 5.13. The van der Waals surface area contributed by atoms with Crippen LogP contribution in [0.3, 0.4) is 0 Å². The van der Waals surface area contributed by atoms with E-state index in [2.05, 4.69) is 50.5 Å². The number of thiazole rings is 1. The zero-order chi connectivity index (χ0) is 14.7. The molecule has 0 spiro atoms. The van der Waals surface area contributed by atoms with Crippen molar-refractivity contribution in [3.63, 3.8) is 0 Å². The van der Waals surface area contributed by atoms with E-state index in [-0.39, 0.29) is 6.04 Å². The number of benzene rings is 1. The van der Waals surface area contributed by atoms with E-state index < -0.39 is 0 Å². The van der Waals surface area contributed by atoms with Crippen molar-refractivity contribution in [2.75, 3.05) is 19.0 Å². The lowest BCUT2D eigenvalue weighted by Crippen LogP contribution is -2.20. The van der Waals surface area contributed by atoms with E-state index in [0.717, 1.165) is 10.8 Å². The first-order chi connectivity index (χ1) is 9.51. The molecule has 0 bridgehead atoms. The van der Waals surface area contributed by atoms with Gasteiger partial charge in [-0.1, -0.05) is 17.7 Å². The zero-order valence-corrected chi connectivity index (χ0v) is 13.6. The van der Waals surface area contributed by atoms with Crippen LogP contribution in [-0.2, 0) is 4.74 Å². The Labute approximate surface area is 125 Å². The van der Waals surface area contributed by atoms with E-state index in [1.165, 1.54) is 22.3 Å². The minimum absolute atomic E-state index is 0.263. The van der Waals surface area contributed by atoms with Crippen LogP contribution in [0.25, 0.3) is 11.3 Å². The fourth-order valence-electron chi connectivity index (χ4n) is 2.54. The number of methoxy groups -OCH3 is 1. The molecule has 0 fully saturated rings. The Morgan fingerprint density at radius 3 is 2.50 bits per heavy atom. The second-order valence-electron chi connectivity index (χ2n) is 5.31. The van der Waals surface area contributed by atoms with Crippen molar-refractivity contribution < 1.29 is 4.74 Å². The third-order valence-corrected chi connectivity index (χ3v) is 4.00. The Hall–Kier alpha value is -1.39. The van der Waals surface area contributed by atoms with E-state index in [1.54, 1.807) is 18.4 Å². The summed E-state index contributed by atoms with van der Waals surface area (Å²) >= 11 is 1.64. The summed E-state index contributed by atoms with van der Waals surface area (Å²) in [6.45, 7) is 9.19. The van der Waals surface area contributed by atoms with Crippen LogP contribution in [0.5, 0.6) is 0 Å². The molecule has 1 atom stereocenters. The van der Waals surface area contributed by atoms with Gasteiger partial charge in [-0.05, 0) is 38.8 Å². The standard InChI is InChI=1S/C16H22N2OS/c1-10-6-11(2)15(12(3)7-10)14-9-20-16(18-14)17-13(4)8-19-5/h6-7,9,13H,8H2,1-5H3,(H,17,18)/t13-/m1/s1. The maximum Gasteiger partial charge on any atom is 0.183 e. The Kier molecular flexibility index (Phi) is 4.78. The number of rotatable bonds is 5. The van der Waals surface area contributed by atoms with Crippen molar-refractivity contribution in [3.05, 3.63) is 34.2 Å². The third kappa shape index (κ3) is 3.38. The first-order valence-electron chi connectivity index (χ1n) is 6.80. The van der Waals surface area contributed by atoms with Gasteiger partial charge in [0.15, 0.2) is 5.13 Å². The Morgan fingerprint density at radius 2 is 1.90 bits per heavy atom. The summed E-state index contributed by atoms with van der Waals surface area (Å²) in [6, 6.07) is 4.68. The summed E-state index contributed by atoms with van der Waals surface area (Å²) in [4.78, 5) is 4.71. The highest BCUT2D eigenvalue weighted by molar-refractivity contribution is 7.14. The summed E-state index contributed by atoms with van der Waals surface area (Å²) < 4.78 is 5.13. The van der Waals surface area contributed by atoms with Gasteiger partial charge in [-0.25, -0.2) is 4.98 Å². The van der Waals surface area contributed by atoms with E-state index in [1.807, 2.05) is 0 Å². The van der Waals surface area contributed by atoms with Crippen LogP contribution < -0.4 is 5.32 Å². The number of anilines is 1. The van der Waals surface area contributed by atoms with Crippen LogP contribution in [0.1, 0.15) is 23.6 Å². The predicted octanol–water partition coefficient (Wildman–Crippen LogP) is 4.18. The number of aromatic nitrogens is 1. The van der Waals surface area contributed by atoms with Gasteiger partial charge in [0, 0.05) is 24.1 Å². The van der Waals surface area contributed by atoms with Crippen molar-refractivity contribution in [1.29, 1.82) is 0 Å². The molecule has 2 rings (SSSR count). The first-order valence-corrected chi connectivity index (χ1v) is 7.68. The van der Waals surface area contributed by atoms with Crippen molar-refractivity contribution in [3.8, 4) is 11.3 Å². The highest BCUT2D eigenvalue weighted by Crippen LogP contribution is 2.31. The molecular weight excluding hydrogens is 268 g/mol. The molecule has 2 aromatic rings. The van der Waals surface area contributed by atoms with Gasteiger partial charge in [0.25, 0.3) is 0 Å². The molecule has 0 unspecified atom stereocenters. The third-order valence-electron chi connectivity index (χ3n) is 3.22. The van der Waals surface area contributed by atoms with Crippen molar-refractivity contribution >= 4 is 16.5 Å². The molecule has 0 aliphatic carbocycles. The molecule has 1 heterocycles. The molecule has 0 aliphatic rings. The van der Waals surface area contributed by atoms with E-state index in [4.69, 9.17) is 9.72 Å². The van der Waals surface area contributed by atoms with Crippen LogP contribution in [0.15, 0.2) is 17.5 Å². The number of ether oxygens (including phenoxy) is 1. The quantitative estimate of drug-likeness (QED) is 0.897. The Bertz CT molecular complexity index is 569. The van der Waals surface area contributed by atoms with Gasteiger partial charge in [-0.15, -0.1) is 11.3 Å². The molecule has 0 saturated heterocycles.